The van der Waals surface area contributed by atoms with Crippen LogP contribution in [0.3, 0.4) is 0 Å². The van der Waals surface area contributed by atoms with Crippen molar-refractivity contribution in [2.45, 2.75) is 6.92 Å². The van der Waals surface area contributed by atoms with Gasteiger partial charge in [-0.15, -0.1) is 0 Å². The van der Waals surface area contributed by atoms with Gasteiger partial charge in [0.1, 0.15) is 0 Å². The van der Waals surface area contributed by atoms with E-state index in [1.54, 1.807) is 6.08 Å². The molecule has 0 saturated carbocycles. The second-order valence-corrected chi connectivity index (χ2v) is 14.5. The number of allylic oxidation sites excluding steroid dienone is 5. The lowest BCUT2D eigenvalue weighted by molar-refractivity contribution is 1.18. The van der Waals surface area contributed by atoms with Crippen LogP contribution in [0, 0.1) is 0 Å². The van der Waals surface area contributed by atoms with Crippen LogP contribution in [0.4, 0.5) is 17.1 Å². The molecule has 0 amide bonds. The van der Waals surface area contributed by atoms with Crippen LogP contribution in [0.25, 0.3) is 77.5 Å². The number of hydrogen-bond acceptors (Lipinski definition) is 2. The molecule has 3 aromatic heterocycles. The lowest BCUT2D eigenvalue weighted by atomic mass is 10.0. The number of anilines is 3. The highest BCUT2D eigenvalue weighted by Gasteiger charge is 2.17. The quantitative estimate of drug-likeness (QED) is 0.138. The van der Waals surface area contributed by atoms with E-state index in [2.05, 4.69) is 222 Å². The van der Waals surface area contributed by atoms with Gasteiger partial charge in [-0.3, -0.25) is 0 Å². The maximum Gasteiger partial charge on any atom is 0.0970 e. The molecule has 4 nitrogen and oxygen atoms in total. The van der Waals surface area contributed by atoms with Crippen LogP contribution < -0.4 is 4.90 Å². The third kappa shape index (κ3) is 6.08. The number of fused-ring (bicyclic) bond motifs is 6. The first-order valence-electron chi connectivity index (χ1n) is 19.7. The fraction of sp³-hybridized carbons (Fsp3) is 0.0185. The molecule has 10 rings (SSSR count). The molecule has 276 valence electrons. The summed E-state index contributed by atoms with van der Waals surface area (Å²) in [6, 6.07) is 67.2. The summed E-state index contributed by atoms with van der Waals surface area (Å²) in [5, 5.41) is 3.54. The van der Waals surface area contributed by atoms with Crippen LogP contribution >= 0.6 is 0 Å². The molecule has 4 heteroatoms. The standard InChI is InChI=1S/C54H40N4/c1-3-4-7-17-38(2)56-51-27-15-13-25-47(51)54-53(56)35-33-49(55-54)41-30-34-52-48(37-41)46-24-12-14-26-50(46)58(52)45-23-16-18-40(36-45)39-28-31-44(32-29-39)57(42-19-8-5-9-20-42)43-21-10-6-11-22-43/h3-37H,1H2,2H3/b7-4-,38-17+. The van der Waals surface area contributed by atoms with Gasteiger partial charge in [0.15, 0.2) is 0 Å². The van der Waals surface area contributed by atoms with Gasteiger partial charge in [-0.2, -0.15) is 0 Å². The van der Waals surface area contributed by atoms with Crippen molar-refractivity contribution < 1.29 is 0 Å². The number of benzene rings is 7. The van der Waals surface area contributed by atoms with E-state index in [-0.39, 0.29) is 0 Å². The predicted molar refractivity (Wildman–Crippen MR) is 246 cm³/mol. The lowest BCUT2D eigenvalue weighted by Gasteiger charge is -2.25. The van der Waals surface area contributed by atoms with E-state index >= 15 is 0 Å². The van der Waals surface area contributed by atoms with Gasteiger partial charge in [0, 0.05) is 50.2 Å². The van der Waals surface area contributed by atoms with Crippen LogP contribution in [0.1, 0.15) is 6.92 Å². The number of hydrogen-bond donors (Lipinski definition) is 0. The molecule has 0 aliphatic carbocycles. The zero-order valence-electron chi connectivity index (χ0n) is 32.2. The lowest BCUT2D eigenvalue weighted by Crippen LogP contribution is -2.09. The summed E-state index contributed by atoms with van der Waals surface area (Å²) in [6.45, 7) is 5.95. The summed E-state index contributed by atoms with van der Waals surface area (Å²) < 4.78 is 4.68. The molecule has 10 aromatic rings. The number of pyridine rings is 1. The Morgan fingerprint density at radius 1 is 0.500 bits per heavy atom. The van der Waals surface area contributed by atoms with Gasteiger partial charge in [-0.05, 0) is 109 Å². The van der Waals surface area contributed by atoms with Crippen LogP contribution in [0.2, 0.25) is 0 Å². The van der Waals surface area contributed by atoms with Gasteiger partial charge >= 0.3 is 0 Å². The molecule has 0 atom stereocenters. The smallest absolute Gasteiger partial charge is 0.0970 e. The molecule has 7 aromatic carbocycles. The van der Waals surface area contributed by atoms with E-state index in [9.17, 15) is 0 Å². The first-order chi connectivity index (χ1) is 28.7. The molecule has 3 heterocycles. The molecule has 0 saturated heterocycles. The maximum atomic E-state index is 5.33. The molecule has 0 unspecified atom stereocenters. The first kappa shape index (κ1) is 34.8. The van der Waals surface area contributed by atoms with E-state index in [1.165, 1.54) is 16.3 Å². The van der Waals surface area contributed by atoms with Crippen molar-refractivity contribution in [2.75, 3.05) is 4.90 Å². The van der Waals surface area contributed by atoms with E-state index in [1.807, 2.05) is 12.2 Å². The molecule has 0 fully saturated rings. The van der Waals surface area contributed by atoms with Gasteiger partial charge in [0.25, 0.3) is 0 Å². The Labute approximate surface area is 338 Å². The van der Waals surface area contributed by atoms with Crippen molar-refractivity contribution >= 4 is 66.5 Å². The third-order valence-electron chi connectivity index (χ3n) is 11.0. The van der Waals surface area contributed by atoms with E-state index in [0.717, 1.165) is 78.3 Å². The Morgan fingerprint density at radius 3 is 1.86 bits per heavy atom. The van der Waals surface area contributed by atoms with Gasteiger partial charge in [-0.25, -0.2) is 4.98 Å². The summed E-state index contributed by atoms with van der Waals surface area (Å²) in [6.07, 6.45) is 7.88. The normalized spacial score (nSPS) is 12.0. The highest BCUT2D eigenvalue weighted by atomic mass is 15.1. The minimum atomic E-state index is 0.950. The second kappa shape index (κ2) is 14.8. The minimum Gasteiger partial charge on any atom is -0.312 e. The summed E-state index contributed by atoms with van der Waals surface area (Å²) in [7, 11) is 0. The summed E-state index contributed by atoms with van der Waals surface area (Å²) >= 11 is 0. The van der Waals surface area contributed by atoms with Crippen LogP contribution in [-0.4, -0.2) is 14.1 Å². The average Bonchev–Trinajstić information content (AvgIpc) is 3.80. The fourth-order valence-corrected chi connectivity index (χ4v) is 8.36. The molecule has 58 heavy (non-hydrogen) atoms. The van der Waals surface area contributed by atoms with Crippen LogP contribution in [-0.2, 0) is 0 Å². The molecular formula is C54H40N4. The molecular weight excluding hydrogens is 705 g/mol. The zero-order chi connectivity index (χ0) is 39.0. The SMILES string of the molecule is C=C/C=C\C=C(/C)n1c2ccccc2c2nc(-c3ccc4c(c3)c3ccccc3n4-c3cccc(-c4ccc(N(c5ccccc5)c5ccccc5)cc4)c3)ccc21. The van der Waals surface area contributed by atoms with Crippen molar-refractivity contribution in [3.05, 3.63) is 219 Å². The Kier molecular flexibility index (Phi) is 8.85. The van der Waals surface area contributed by atoms with Crippen LogP contribution in [0.15, 0.2) is 219 Å². The van der Waals surface area contributed by atoms with E-state index in [4.69, 9.17) is 4.98 Å². The Balaban J connectivity index is 1.03. The summed E-state index contributed by atoms with van der Waals surface area (Å²) in [5.41, 5.74) is 15.5. The number of rotatable bonds is 9. The number of para-hydroxylation sites is 4. The van der Waals surface area contributed by atoms with Gasteiger partial charge in [0.05, 0.1) is 33.3 Å². The minimum absolute atomic E-state index is 0.950. The fourth-order valence-electron chi connectivity index (χ4n) is 8.36. The summed E-state index contributed by atoms with van der Waals surface area (Å²) in [4.78, 5) is 7.62. The second-order valence-electron chi connectivity index (χ2n) is 14.5. The predicted octanol–water partition coefficient (Wildman–Crippen LogP) is 14.7. The Morgan fingerprint density at radius 2 is 1.12 bits per heavy atom. The molecule has 0 aliphatic rings. The Hall–Kier alpha value is -7.69. The van der Waals surface area contributed by atoms with Gasteiger partial charge in [0.2, 0.25) is 0 Å². The average molecular weight is 745 g/mol. The maximum absolute atomic E-state index is 5.33. The van der Waals surface area contributed by atoms with Gasteiger partial charge < -0.3 is 14.0 Å². The zero-order valence-corrected chi connectivity index (χ0v) is 32.2. The van der Waals surface area contributed by atoms with Crippen molar-refractivity contribution in [2.24, 2.45) is 0 Å². The molecule has 0 N–H and O–H groups in total. The third-order valence-corrected chi connectivity index (χ3v) is 11.0. The van der Waals surface area contributed by atoms with Crippen LogP contribution in [0.5, 0.6) is 0 Å². The van der Waals surface area contributed by atoms with Crippen molar-refractivity contribution in [1.29, 1.82) is 0 Å². The molecule has 0 spiro atoms. The summed E-state index contributed by atoms with van der Waals surface area (Å²) in [5.74, 6) is 0. The van der Waals surface area contributed by atoms with Crippen molar-refractivity contribution in [1.82, 2.24) is 14.1 Å². The first-order valence-corrected chi connectivity index (χ1v) is 19.7. The van der Waals surface area contributed by atoms with E-state index < -0.39 is 0 Å². The monoisotopic (exact) mass is 744 g/mol. The van der Waals surface area contributed by atoms with E-state index in [0.29, 0.717) is 0 Å². The molecule has 0 aliphatic heterocycles. The topological polar surface area (TPSA) is 26.0 Å². The van der Waals surface area contributed by atoms with Crippen molar-refractivity contribution in [3.63, 3.8) is 0 Å². The number of aromatic nitrogens is 3. The van der Waals surface area contributed by atoms with Crippen molar-refractivity contribution in [3.8, 4) is 28.1 Å². The molecule has 0 radical (unpaired) electrons. The molecule has 0 bridgehead atoms. The highest BCUT2D eigenvalue weighted by Crippen LogP contribution is 2.39. The Bertz CT molecular complexity index is 3140. The highest BCUT2D eigenvalue weighted by molar-refractivity contribution is 6.11. The number of nitrogens with zero attached hydrogens (tertiary/aromatic N) is 4. The largest absolute Gasteiger partial charge is 0.312 e. The van der Waals surface area contributed by atoms with Gasteiger partial charge in [-0.1, -0.05) is 128 Å².